The van der Waals surface area contributed by atoms with E-state index in [0.717, 1.165) is 6.16 Å². The van der Waals surface area contributed by atoms with E-state index in [1.165, 1.54) is 35.8 Å². The van der Waals surface area contributed by atoms with Gasteiger partial charge < -0.3 is 4.74 Å². The van der Waals surface area contributed by atoms with E-state index in [-0.39, 0.29) is 5.41 Å². The van der Waals surface area contributed by atoms with Crippen molar-refractivity contribution in [2.45, 2.75) is 5.41 Å². The topological polar surface area (TPSA) is 9.23 Å². The molecule has 0 saturated heterocycles. The van der Waals surface area contributed by atoms with Crippen molar-refractivity contribution in [3.05, 3.63) is 120 Å². The van der Waals surface area contributed by atoms with Gasteiger partial charge in [0.05, 0.1) is 18.8 Å². The Morgan fingerprint density at radius 1 is 0.769 bits per heavy atom. The number of rotatable bonds is 4. The molecule has 2 heteroatoms. The monoisotopic (exact) mass is 356 g/mol. The van der Waals surface area contributed by atoms with E-state index < -0.39 is 0 Å². The van der Waals surface area contributed by atoms with Crippen molar-refractivity contribution in [2.24, 2.45) is 0 Å². The Morgan fingerprint density at radius 3 is 1.77 bits per heavy atom. The van der Waals surface area contributed by atoms with E-state index in [4.69, 9.17) is 4.74 Å². The molecular formula is C24H21OP. The number of hydrogen-bond donors (Lipinski definition) is 0. The zero-order chi connectivity index (χ0) is 17.8. The van der Waals surface area contributed by atoms with Crippen LogP contribution >= 0.6 is 8.20 Å². The van der Waals surface area contributed by atoms with Crippen LogP contribution in [0.5, 0.6) is 0 Å². The Kier molecular flexibility index (Phi) is 4.73. The number of methoxy groups -OCH3 is 1. The summed E-state index contributed by atoms with van der Waals surface area (Å²) < 4.78 is 5.53. The van der Waals surface area contributed by atoms with Crippen molar-refractivity contribution in [1.82, 2.24) is 0 Å². The van der Waals surface area contributed by atoms with E-state index in [9.17, 15) is 0 Å². The molecule has 0 N–H and O–H groups in total. The lowest BCUT2D eigenvalue weighted by molar-refractivity contribution is 0.331. The second-order valence-electron chi connectivity index (χ2n) is 6.39. The molecule has 1 aliphatic rings. The molecular weight excluding hydrogens is 335 g/mol. The summed E-state index contributed by atoms with van der Waals surface area (Å²) in [6, 6.07) is 32.4. The van der Waals surface area contributed by atoms with Crippen LogP contribution in [0, 0.1) is 0 Å². The first-order valence-corrected chi connectivity index (χ1v) is 9.89. The van der Waals surface area contributed by atoms with Crippen molar-refractivity contribution in [1.29, 1.82) is 0 Å². The van der Waals surface area contributed by atoms with Gasteiger partial charge in [-0.25, -0.2) is 0 Å². The van der Waals surface area contributed by atoms with E-state index in [1.807, 2.05) is 6.26 Å². The second kappa shape index (κ2) is 7.32. The van der Waals surface area contributed by atoms with Crippen molar-refractivity contribution >= 4 is 13.5 Å². The molecule has 3 aromatic rings. The Morgan fingerprint density at radius 2 is 1.27 bits per heavy atom. The van der Waals surface area contributed by atoms with Crippen molar-refractivity contribution in [3.63, 3.8) is 0 Å². The third kappa shape index (κ3) is 2.69. The maximum absolute atomic E-state index is 5.53. The highest BCUT2D eigenvalue weighted by Gasteiger charge is 2.45. The Labute approximate surface area is 156 Å². The summed E-state index contributed by atoms with van der Waals surface area (Å²) in [4.78, 5) is 0. The summed E-state index contributed by atoms with van der Waals surface area (Å²) in [6.45, 7) is 0. The van der Waals surface area contributed by atoms with Gasteiger partial charge in [0.15, 0.2) is 0 Å². The highest BCUT2D eigenvalue weighted by Crippen LogP contribution is 2.49. The molecule has 1 aliphatic heterocycles. The lowest BCUT2D eigenvalue weighted by Crippen LogP contribution is -2.36. The highest BCUT2D eigenvalue weighted by molar-refractivity contribution is 7.43. The van der Waals surface area contributed by atoms with Crippen LogP contribution in [0.25, 0.3) is 0 Å². The average Bonchev–Trinajstić information content (AvgIpc) is 3.10. The Bertz CT molecular complexity index is 888. The molecule has 0 amide bonds. The molecule has 0 aromatic heterocycles. The number of benzene rings is 3. The van der Waals surface area contributed by atoms with Gasteiger partial charge in [-0.3, -0.25) is 0 Å². The van der Waals surface area contributed by atoms with Crippen LogP contribution in [-0.2, 0) is 10.2 Å². The first-order valence-electron chi connectivity index (χ1n) is 8.81. The van der Waals surface area contributed by atoms with Gasteiger partial charge in [0.25, 0.3) is 0 Å². The van der Waals surface area contributed by atoms with Crippen LogP contribution in [0.1, 0.15) is 16.7 Å². The van der Waals surface area contributed by atoms with Crippen molar-refractivity contribution in [2.75, 3.05) is 13.3 Å². The smallest absolute Gasteiger partial charge is 0.0839 e. The molecule has 0 bridgehead atoms. The molecule has 0 aliphatic carbocycles. The molecule has 0 fully saturated rings. The predicted molar refractivity (Wildman–Crippen MR) is 111 cm³/mol. The maximum atomic E-state index is 5.53. The fourth-order valence-electron chi connectivity index (χ4n) is 3.91. The van der Waals surface area contributed by atoms with Gasteiger partial charge in [0.1, 0.15) is 0 Å². The minimum Gasteiger partial charge on any atom is -0.504 e. The van der Waals surface area contributed by atoms with Crippen LogP contribution in [0.4, 0.5) is 0 Å². The number of allylic oxidation sites excluding steroid dienone is 1. The third-order valence-electron chi connectivity index (χ3n) is 4.97. The molecule has 0 saturated carbocycles. The minimum atomic E-state index is -0.290. The van der Waals surface area contributed by atoms with Gasteiger partial charge in [-0.05, 0) is 22.3 Å². The van der Waals surface area contributed by atoms with Gasteiger partial charge in [0.2, 0.25) is 0 Å². The molecule has 0 spiro atoms. The average molecular weight is 356 g/mol. The summed E-state index contributed by atoms with van der Waals surface area (Å²) in [7, 11) is 3.06. The maximum Gasteiger partial charge on any atom is 0.0839 e. The van der Waals surface area contributed by atoms with Crippen molar-refractivity contribution in [3.8, 4) is 0 Å². The minimum absolute atomic E-state index is 0.290. The molecule has 128 valence electrons. The zero-order valence-corrected chi connectivity index (χ0v) is 15.7. The number of ether oxygens (including phenoxy) is 1. The lowest BCUT2D eigenvalue weighted by atomic mass is 9.66. The molecule has 1 heterocycles. The molecule has 0 radical (unpaired) electrons. The van der Waals surface area contributed by atoms with Gasteiger partial charge in [-0.2, -0.15) is 0 Å². The Balaban J connectivity index is 2.05. The summed E-state index contributed by atoms with van der Waals surface area (Å²) >= 11 is 0. The summed E-state index contributed by atoms with van der Waals surface area (Å²) in [5.41, 5.74) is 4.89. The summed E-state index contributed by atoms with van der Waals surface area (Å²) in [5, 5.41) is 1.42. The standard InChI is InChI=1S/C24H21OP/c1-25-17-22-18-26-23(19-11-5-2-6-12-19)24(22,20-13-7-3-8-14-20)21-15-9-4-10-16-21/h2-17H,18H2,1H3. The van der Waals surface area contributed by atoms with Crippen LogP contribution in [0.15, 0.2) is 103 Å². The van der Waals surface area contributed by atoms with E-state index >= 15 is 0 Å². The van der Waals surface area contributed by atoms with E-state index in [1.54, 1.807) is 7.11 Å². The van der Waals surface area contributed by atoms with Crippen LogP contribution in [0.2, 0.25) is 0 Å². The fraction of sp³-hybridized carbons (Fsp3) is 0.125. The summed E-state index contributed by atoms with van der Waals surface area (Å²) in [5.74, 6) is 0. The fourth-order valence-corrected chi connectivity index (χ4v) is 5.52. The molecule has 0 unspecified atom stereocenters. The van der Waals surface area contributed by atoms with Crippen molar-refractivity contribution < 1.29 is 4.74 Å². The van der Waals surface area contributed by atoms with Gasteiger partial charge >= 0.3 is 0 Å². The molecule has 1 nitrogen and oxygen atoms in total. The summed E-state index contributed by atoms with van der Waals surface area (Å²) in [6.07, 6.45) is 2.92. The molecule has 0 atom stereocenters. The molecule has 4 rings (SSSR count). The first kappa shape index (κ1) is 16.8. The van der Waals surface area contributed by atoms with Gasteiger partial charge in [-0.1, -0.05) is 99.2 Å². The highest BCUT2D eigenvalue weighted by atomic mass is 31.1. The molecule has 26 heavy (non-hydrogen) atoms. The Hall–Kier alpha value is -2.63. The second-order valence-corrected chi connectivity index (χ2v) is 7.47. The normalized spacial score (nSPS) is 17.7. The first-order chi connectivity index (χ1) is 12.9. The SMILES string of the molecule is COC=C1CP=C(c2ccccc2)C1(c1ccccc1)c1ccccc1. The van der Waals surface area contributed by atoms with Gasteiger partial charge in [-0.15, -0.1) is 0 Å². The van der Waals surface area contributed by atoms with Crippen LogP contribution in [-0.4, -0.2) is 18.6 Å². The largest absolute Gasteiger partial charge is 0.504 e. The third-order valence-corrected chi connectivity index (χ3v) is 6.37. The van der Waals surface area contributed by atoms with Crippen LogP contribution < -0.4 is 0 Å². The van der Waals surface area contributed by atoms with E-state index in [0.29, 0.717) is 0 Å². The van der Waals surface area contributed by atoms with Gasteiger partial charge in [0, 0.05) is 11.5 Å². The lowest BCUT2D eigenvalue weighted by Gasteiger charge is -2.35. The molecule has 3 aromatic carbocycles. The number of hydrogen-bond acceptors (Lipinski definition) is 1. The quantitative estimate of drug-likeness (QED) is 0.431. The van der Waals surface area contributed by atoms with Crippen LogP contribution in [0.3, 0.4) is 0 Å². The zero-order valence-electron chi connectivity index (χ0n) is 14.8. The van der Waals surface area contributed by atoms with E-state index in [2.05, 4.69) is 91.0 Å². The predicted octanol–water partition coefficient (Wildman–Crippen LogP) is 5.68.